The first-order chi connectivity index (χ1) is 12.5. The van der Waals surface area contributed by atoms with Crippen LogP contribution in [0.15, 0.2) is 0 Å². The summed E-state index contributed by atoms with van der Waals surface area (Å²) < 4.78 is 11.6. The molecule has 4 nitrogen and oxygen atoms in total. The number of fused-ring (bicyclic) bond motifs is 1. The van der Waals surface area contributed by atoms with Crippen molar-refractivity contribution in [2.75, 3.05) is 0 Å². The van der Waals surface area contributed by atoms with Gasteiger partial charge in [-0.15, -0.1) is 0 Å². The highest BCUT2D eigenvalue weighted by molar-refractivity contribution is 5.80. The van der Waals surface area contributed by atoms with E-state index in [2.05, 4.69) is 13.8 Å². The number of rotatable bonds is 5. The van der Waals surface area contributed by atoms with Crippen molar-refractivity contribution in [3.63, 3.8) is 0 Å². The Morgan fingerprint density at radius 1 is 1.22 bits per heavy atom. The fourth-order valence-corrected chi connectivity index (χ4v) is 6.13. The highest BCUT2D eigenvalue weighted by Crippen LogP contribution is 2.58. The highest BCUT2D eigenvalue weighted by Gasteiger charge is 2.53. The third-order valence-corrected chi connectivity index (χ3v) is 7.88. The van der Waals surface area contributed by atoms with Crippen LogP contribution in [-0.2, 0) is 14.3 Å². The van der Waals surface area contributed by atoms with Gasteiger partial charge in [0.05, 0.1) is 6.10 Å². The van der Waals surface area contributed by atoms with Gasteiger partial charge in [0.25, 0.3) is 0 Å². The summed E-state index contributed by atoms with van der Waals surface area (Å²) in [4.78, 5) is 12.4. The zero-order chi connectivity index (χ0) is 20.0. The second-order valence-electron chi connectivity index (χ2n) is 11.1. The second-order valence-corrected chi connectivity index (χ2v) is 11.1. The van der Waals surface area contributed by atoms with Gasteiger partial charge >= 0.3 is 5.97 Å². The molecule has 1 heterocycles. The molecule has 3 fully saturated rings. The standard InChI is InChI=1S/C23H40O4/c1-15(16-11-12-17-18(24)10-8-13-22(16,17)5)9-7-14-23(6)19(25)26-20(27-23)21(2,3)4/h15-18,20,24H,7-14H2,1-6H3/t15-,16-,17?,18?,20+,22-,23+/m1/s1. The van der Waals surface area contributed by atoms with Crippen LogP contribution in [0.1, 0.15) is 92.9 Å². The number of cyclic esters (lactones) is 1. The Bertz CT molecular complexity index is 553. The fourth-order valence-electron chi connectivity index (χ4n) is 6.13. The Morgan fingerprint density at radius 2 is 1.93 bits per heavy atom. The van der Waals surface area contributed by atoms with E-state index in [0.717, 1.165) is 32.1 Å². The number of ether oxygens (including phenoxy) is 2. The molecule has 2 aliphatic carbocycles. The van der Waals surface area contributed by atoms with Gasteiger partial charge in [-0.25, -0.2) is 4.79 Å². The van der Waals surface area contributed by atoms with Crippen molar-refractivity contribution in [3.8, 4) is 0 Å². The molecule has 2 unspecified atom stereocenters. The van der Waals surface area contributed by atoms with Gasteiger partial charge in [-0.1, -0.05) is 47.5 Å². The molecule has 1 saturated heterocycles. The highest BCUT2D eigenvalue weighted by atomic mass is 16.8. The van der Waals surface area contributed by atoms with Crippen LogP contribution in [-0.4, -0.2) is 29.1 Å². The minimum atomic E-state index is -0.805. The molecule has 2 saturated carbocycles. The van der Waals surface area contributed by atoms with Crippen molar-refractivity contribution in [3.05, 3.63) is 0 Å². The van der Waals surface area contributed by atoms with Gasteiger partial charge in [0.2, 0.25) is 6.29 Å². The summed E-state index contributed by atoms with van der Waals surface area (Å²) in [6, 6.07) is 0. The molecule has 0 spiro atoms. The molecule has 0 aromatic carbocycles. The Labute approximate surface area is 165 Å². The molecule has 3 rings (SSSR count). The topological polar surface area (TPSA) is 55.8 Å². The molecule has 3 aliphatic rings. The van der Waals surface area contributed by atoms with Crippen LogP contribution >= 0.6 is 0 Å². The van der Waals surface area contributed by atoms with Crippen LogP contribution in [0.5, 0.6) is 0 Å². The van der Waals surface area contributed by atoms with Crippen molar-refractivity contribution in [1.29, 1.82) is 0 Å². The maximum atomic E-state index is 12.4. The van der Waals surface area contributed by atoms with E-state index in [-0.39, 0.29) is 17.5 Å². The van der Waals surface area contributed by atoms with Crippen molar-refractivity contribution >= 4 is 5.97 Å². The van der Waals surface area contributed by atoms with Crippen LogP contribution in [0.2, 0.25) is 0 Å². The minimum Gasteiger partial charge on any atom is -0.433 e. The maximum Gasteiger partial charge on any atom is 0.340 e. The number of hydrogen-bond donors (Lipinski definition) is 1. The van der Waals surface area contributed by atoms with Crippen LogP contribution in [0.4, 0.5) is 0 Å². The number of carbonyl (C=O) groups is 1. The fraction of sp³-hybridized carbons (Fsp3) is 0.957. The van der Waals surface area contributed by atoms with Crippen LogP contribution in [0.3, 0.4) is 0 Å². The monoisotopic (exact) mass is 380 g/mol. The molecular formula is C23H40O4. The van der Waals surface area contributed by atoms with E-state index in [1.807, 2.05) is 27.7 Å². The van der Waals surface area contributed by atoms with E-state index >= 15 is 0 Å². The molecule has 4 heteroatoms. The predicted molar refractivity (Wildman–Crippen MR) is 106 cm³/mol. The lowest BCUT2D eigenvalue weighted by atomic mass is 9.61. The summed E-state index contributed by atoms with van der Waals surface area (Å²) in [5, 5.41) is 10.4. The average molecular weight is 381 g/mol. The first kappa shape index (κ1) is 21.1. The lowest BCUT2D eigenvalue weighted by Crippen LogP contribution is -2.41. The summed E-state index contributed by atoms with van der Waals surface area (Å²) in [5.41, 5.74) is -0.710. The summed E-state index contributed by atoms with van der Waals surface area (Å²) in [6.07, 6.45) is 8.05. The van der Waals surface area contributed by atoms with Gasteiger partial charge < -0.3 is 14.6 Å². The van der Waals surface area contributed by atoms with Crippen molar-refractivity contribution in [1.82, 2.24) is 0 Å². The van der Waals surface area contributed by atoms with Gasteiger partial charge in [-0.3, -0.25) is 0 Å². The third kappa shape index (κ3) is 3.94. The molecule has 0 aromatic heterocycles. The van der Waals surface area contributed by atoms with Gasteiger partial charge in [-0.2, -0.15) is 0 Å². The Kier molecular flexibility index (Phi) is 5.73. The smallest absolute Gasteiger partial charge is 0.340 e. The van der Waals surface area contributed by atoms with Gasteiger partial charge in [0.15, 0.2) is 5.60 Å². The number of carbonyl (C=O) groups excluding carboxylic acids is 1. The summed E-state index contributed by atoms with van der Waals surface area (Å²) in [7, 11) is 0. The molecule has 1 N–H and O–H groups in total. The van der Waals surface area contributed by atoms with E-state index < -0.39 is 11.9 Å². The molecule has 156 valence electrons. The molecule has 27 heavy (non-hydrogen) atoms. The average Bonchev–Trinajstić information content (AvgIpc) is 3.06. The van der Waals surface area contributed by atoms with Crippen LogP contribution in [0, 0.1) is 28.6 Å². The summed E-state index contributed by atoms with van der Waals surface area (Å²) in [5.74, 6) is 1.57. The van der Waals surface area contributed by atoms with Crippen molar-refractivity contribution in [2.24, 2.45) is 28.6 Å². The molecule has 0 amide bonds. The number of aliphatic hydroxyl groups excluding tert-OH is 1. The quantitative estimate of drug-likeness (QED) is 0.676. The number of esters is 1. The Balaban J connectivity index is 1.54. The predicted octanol–water partition coefficient (Wildman–Crippen LogP) is 5.07. The zero-order valence-electron chi connectivity index (χ0n) is 18.2. The lowest BCUT2D eigenvalue weighted by molar-refractivity contribution is -0.155. The first-order valence-electron chi connectivity index (χ1n) is 11.0. The molecule has 0 bridgehead atoms. The molecule has 7 atom stereocenters. The van der Waals surface area contributed by atoms with E-state index in [1.165, 1.54) is 19.3 Å². The van der Waals surface area contributed by atoms with Crippen LogP contribution in [0.25, 0.3) is 0 Å². The number of hydrogen-bond acceptors (Lipinski definition) is 4. The summed E-state index contributed by atoms with van der Waals surface area (Å²) >= 11 is 0. The Hall–Kier alpha value is -0.610. The largest absolute Gasteiger partial charge is 0.433 e. The van der Waals surface area contributed by atoms with E-state index in [1.54, 1.807) is 0 Å². The Morgan fingerprint density at radius 3 is 2.56 bits per heavy atom. The SMILES string of the molecule is C[C@H](CCC[C@]1(C)O[C@@H](C(C)(C)C)OC1=O)[C@H]1CCC2C(O)CCC[C@@]21C. The molecule has 0 radical (unpaired) electrons. The number of aliphatic hydroxyl groups is 1. The normalized spacial score (nSPS) is 43.4. The molecule has 0 aromatic rings. The molecule has 1 aliphatic heterocycles. The zero-order valence-corrected chi connectivity index (χ0v) is 18.2. The van der Waals surface area contributed by atoms with Crippen molar-refractivity contribution < 1.29 is 19.4 Å². The lowest BCUT2D eigenvalue weighted by Gasteiger charge is -2.45. The first-order valence-corrected chi connectivity index (χ1v) is 11.0. The van der Waals surface area contributed by atoms with E-state index in [9.17, 15) is 9.90 Å². The van der Waals surface area contributed by atoms with Crippen LogP contribution < -0.4 is 0 Å². The maximum absolute atomic E-state index is 12.4. The summed E-state index contributed by atoms with van der Waals surface area (Å²) in [6.45, 7) is 12.8. The van der Waals surface area contributed by atoms with E-state index in [4.69, 9.17) is 9.47 Å². The van der Waals surface area contributed by atoms with Gasteiger partial charge in [0.1, 0.15) is 0 Å². The minimum absolute atomic E-state index is 0.101. The van der Waals surface area contributed by atoms with Gasteiger partial charge in [0, 0.05) is 5.41 Å². The second kappa shape index (κ2) is 7.33. The van der Waals surface area contributed by atoms with Crippen molar-refractivity contribution in [2.45, 2.75) is 111 Å². The van der Waals surface area contributed by atoms with Gasteiger partial charge in [-0.05, 0) is 68.6 Å². The van der Waals surface area contributed by atoms with E-state index in [0.29, 0.717) is 23.2 Å². The third-order valence-electron chi connectivity index (χ3n) is 7.88. The molecular weight excluding hydrogens is 340 g/mol.